The topological polar surface area (TPSA) is 92.7 Å². The first-order valence-corrected chi connectivity index (χ1v) is 9.42. The molecule has 0 fully saturated rings. The Balaban J connectivity index is 1.55. The normalized spacial score (nSPS) is 10.5. The summed E-state index contributed by atoms with van der Waals surface area (Å²) in [6, 6.07) is 13.1. The highest BCUT2D eigenvalue weighted by Crippen LogP contribution is 2.24. The lowest BCUT2D eigenvalue weighted by Crippen LogP contribution is -2.12. The molecular weight excluding hydrogens is 376 g/mol. The number of carbonyl (C=O) groups excluding carboxylic acids is 1. The number of amides is 1. The average Bonchev–Trinajstić information content (AvgIpc) is 2.77. The van der Waals surface area contributed by atoms with Gasteiger partial charge in [0.05, 0.1) is 11.3 Å². The van der Waals surface area contributed by atoms with Crippen LogP contribution in [-0.4, -0.2) is 25.8 Å². The standard InChI is InChI=1S/C23H20N6O/c1-15-10-18(14-25-12-15)22(30)27-19-6-5-16(2)21(11-19)29-23-26-9-7-20(28-23)17-4-3-8-24-13-17/h3-14H,1-2H3,(H,27,30)(H,26,28,29). The van der Waals surface area contributed by atoms with Crippen LogP contribution in [0.4, 0.5) is 17.3 Å². The number of nitrogens with one attached hydrogen (secondary N) is 2. The van der Waals surface area contributed by atoms with Crippen molar-refractivity contribution in [2.24, 2.45) is 0 Å². The first-order chi connectivity index (χ1) is 14.6. The summed E-state index contributed by atoms with van der Waals surface area (Å²) in [5, 5.41) is 6.15. The number of benzene rings is 1. The van der Waals surface area contributed by atoms with Crippen molar-refractivity contribution in [2.45, 2.75) is 13.8 Å². The van der Waals surface area contributed by atoms with E-state index in [1.807, 2.05) is 50.2 Å². The van der Waals surface area contributed by atoms with Gasteiger partial charge in [0, 0.05) is 47.9 Å². The first kappa shape index (κ1) is 19.2. The molecule has 1 aromatic carbocycles. The molecule has 4 rings (SSSR count). The fraction of sp³-hybridized carbons (Fsp3) is 0.0870. The average molecular weight is 396 g/mol. The van der Waals surface area contributed by atoms with Gasteiger partial charge in [-0.05, 0) is 61.4 Å². The molecular formula is C23H20N6O. The number of aromatic nitrogens is 4. The monoisotopic (exact) mass is 396 g/mol. The summed E-state index contributed by atoms with van der Waals surface area (Å²) in [4.78, 5) is 29.6. The number of nitrogens with zero attached hydrogens (tertiary/aromatic N) is 4. The Morgan fingerprint density at radius 3 is 2.63 bits per heavy atom. The maximum absolute atomic E-state index is 12.5. The molecule has 7 heteroatoms. The SMILES string of the molecule is Cc1cncc(C(=O)Nc2ccc(C)c(Nc3nccc(-c4cccnc4)n3)c2)c1. The van der Waals surface area contributed by atoms with E-state index in [9.17, 15) is 4.79 Å². The van der Waals surface area contributed by atoms with E-state index in [0.717, 1.165) is 28.1 Å². The predicted molar refractivity (Wildman–Crippen MR) is 117 cm³/mol. The fourth-order valence-electron chi connectivity index (χ4n) is 2.93. The van der Waals surface area contributed by atoms with Crippen LogP contribution in [0.3, 0.4) is 0 Å². The third-order valence-corrected chi connectivity index (χ3v) is 4.49. The van der Waals surface area contributed by atoms with E-state index in [4.69, 9.17) is 0 Å². The molecule has 0 aliphatic carbocycles. The number of hydrogen-bond acceptors (Lipinski definition) is 6. The van der Waals surface area contributed by atoms with Gasteiger partial charge in [0.2, 0.25) is 5.95 Å². The van der Waals surface area contributed by atoms with E-state index in [1.165, 1.54) is 0 Å². The van der Waals surface area contributed by atoms with Gasteiger partial charge in [-0.15, -0.1) is 0 Å². The molecule has 0 bridgehead atoms. The van der Waals surface area contributed by atoms with Gasteiger partial charge >= 0.3 is 0 Å². The van der Waals surface area contributed by atoms with Crippen molar-refractivity contribution in [3.63, 3.8) is 0 Å². The molecule has 4 aromatic rings. The van der Waals surface area contributed by atoms with E-state index in [-0.39, 0.29) is 5.91 Å². The van der Waals surface area contributed by atoms with Crippen molar-refractivity contribution >= 4 is 23.2 Å². The van der Waals surface area contributed by atoms with E-state index in [0.29, 0.717) is 17.2 Å². The molecule has 3 aromatic heterocycles. The van der Waals surface area contributed by atoms with Crippen LogP contribution in [0, 0.1) is 13.8 Å². The Hall–Kier alpha value is -4.13. The van der Waals surface area contributed by atoms with Crippen LogP contribution in [0.1, 0.15) is 21.5 Å². The summed E-state index contributed by atoms with van der Waals surface area (Å²) < 4.78 is 0. The minimum Gasteiger partial charge on any atom is -0.324 e. The summed E-state index contributed by atoms with van der Waals surface area (Å²) in [5.74, 6) is 0.252. The lowest BCUT2D eigenvalue weighted by molar-refractivity contribution is 0.102. The number of aryl methyl sites for hydroxylation is 2. The van der Waals surface area contributed by atoms with Gasteiger partial charge in [-0.25, -0.2) is 9.97 Å². The second-order valence-corrected chi connectivity index (χ2v) is 6.87. The first-order valence-electron chi connectivity index (χ1n) is 9.42. The number of pyridine rings is 2. The number of anilines is 3. The molecule has 0 aliphatic heterocycles. The molecule has 3 heterocycles. The zero-order chi connectivity index (χ0) is 20.9. The minimum atomic E-state index is -0.212. The van der Waals surface area contributed by atoms with E-state index in [1.54, 1.807) is 37.1 Å². The highest BCUT2D eigenvalue weighted by atomic mass is 16.1. The predicted octanol–water partition coefficient (Wildman–Crippen LogP) is 4.55. The highest BCUT2D eigenvalue weighted by molar-refractivity contribution is 6.04. The molecule has 0 spiro atoms. The second kappa shape index (κ2) is 8.48. The van der Waals surface area contributed by atoms with Gasteiger partial charge in [0.15, 0.2) is 0 Å². The fourth-order valence-corrected chi connectivity index (χ4v) is 2.93. The molecule has 0 saturated heterocycles. The molecule has 0 unspecified atom stereocenters. The van der Waals surface area contributed by atoms with Crippen LogP contribution in [0.2, 0.25) is 0 Å². The minimum absolute atomic E-state index is 0.212. The lowest BCUT2D eigenvalue weighted by Gasteiger charge is -2.12. The third kappa shape index (κ3) is 4.47. The zero-order valence-corrected chi connectivity index (χ0v) is 16.6. The van der Waals surface area contributed by atoms with Gasteiger partial charge in [-0.3, -0.25) is 14.8 Å². The highest BCUT2D eigenvalue weighted by Gasteiger charge is 2.09. The van der Waals surface area contributed by atoms with Gasteiger partial charge < -0.3 is 10.6 Å². The van der Waals surface area contributed by atoms with Gasteiger partial charge in [-0.1, -0.05) is 6.07 Å². The lowest BCUT2D eigenvalue weighted by atomic mass is 10.1. The van der Waals surface area contributed by atoms with Crippen LogP contribution < -0.4 is 10.6 Å². The maximum atomic E-state index is 12.5. The van der Waals surface area contributed by atoms with Crippen molar-refractivity contribution < 1.29 is 4.79 Å². The Kier molecular flexibility index (Phi) is 5.43. The quantitative estimate of drug-likeness (QED) is 0.514. The maximum Gasteiger partial charge on any atom is 0.257 e. The second-order valence-electron chi connectivity index (χ2n) is 6.87. The van der Waals surface area contributed by atoms with Crippen molar-refractivity contribution in [3.05, 3.63) is 90.1 Å². The number of hydrogen-bond donors (Lipinski definition) is 2. The Bertz CT molecular complexity index is 1190. The van der Waals surface area contributed by atoms with Crippen LogP contribution in [0.15, 0.2) is 73.4 Å². The Morgan fingerprint density at radius 2 is 1.83 bits per heavy atom. The molecule has 7 nitrogen and oxygen atoms in total. The molecule has 0 saturated carbocycles. The summed E-state index contributed by atoms with van der Waals surface area (Å²) >= 11 is 0. The van der Waals surface area contributed by atoms with Crippen molar-refractivity contribution in [2.75, 3.05) is 10.6 Å². The summed E-state index contributed by atoms with van der Waals surface area (Å²) in [7, 11) is 0. The van der Waals surface area contributed by atoms with Crippen LogP contribution in [0.25, 0.3) is 11.3 Å². The van der Waals surface area contributed by atoms with E-state index < -0.39 is 0 Å². The zero-order valence-electron chi connectivity index (χ0n) is 16.6. The molecule has 0 atom stereocenters. The molecule has 1 amide bonds. The van der Waals surface area contributed by atoms with Crippen LogP contribution in [0.5, 0.6) is 0 Å². The Morgan fingerprint density at radius 1 is 0.933 bits per heavy atom. The molecule has 148 valence electrons. The number of carbonyl (C=O) groups is 1. The third-order valence-electron chi connectivity index (χ3n) is 4.49. The van der Waals surface area contributed by atoms with Gasteiger partial charge in [0.1, 0.15) is 0 Å². The smallest absolute Gasteiger partial charge is 0.257 e. The van der Waals surface area contributed by atoms with Crippen molar-refractivity contribution in [3.8, 4) is 11.3 Å². The summed E-state index contributed by atoms with van der Waals surface area (Å²) in [5.41, 5.74) is 5.59. The van der Waals surface area contributed by atoms with Crippen LogP contribution >= 0.6 is 0 Å². The number of rotatable bonds is 5. The van der Waals surface area contributed by atoms with Gasteiger partial charge in [0.25, 0.3) is 5.91 Å². The van der Waals surface area contributed by atoms with Crippen molar-refractivity contribution in [1.82, 2.24) is 19.9 Å². The molecule has 2 N–H and O–H groups in total. The largest absolute Gasteiger partial charge is 0.324 e. The van der Waals surface area contributed by atoms with Crippen molar-refractivity contribution in [1.29, 1.82) is 0 Å². The Labute approximate surface area is 174 Å². The van der Waals surface area contributed by atoms with Gasteiger partial charge in [-0.2, -0.15) is 0 Å². The molecule has 0 radical (unpaired) electrons. The van der Waals surface area contributed by atoms with Crippen LogP contribution in [-0.2, 0) is 0 Å². The van der Waals surface area contributed by atoms with E-state index >= 15 is 0 Å². The molecule has 30 heavy (non-hydrogen) atoms. The summed E-state index contributed by atoms with van der Waals surface area (Å²) in [6.45, 7) is 3.88. The summed E-state index contributed by atoms with van der Waals surface area (Å²) in [6.07, 6.45) is 8.44. The molecule has 0 aliphatic rings. The van der Waals surface area contributed by atoms with E-state index in [2.05, 4.69) is 30.6 Å².